The van der Waals surface area contributed by atoms with Gasteiger partial charge in [0.2, 0.25) is 5.91 Å². The molecular formula is C10H15NO4S2. The molecule has 0 bridgehead atoms. The molecule has 0 radical (unpaired) electrons. The predicted octanol–water partition coefficient (Wildman–Crippen LogP) is 0.498. The van der Waals surface area contributed by atoms with Crippen LogP contribution in [0.3, 0.4) is 0 Å². The van der Waals surface area contributed by atoms with Crippen LogP contribution in [0.15, 0.2) is 0 Å². The van der Waals surface area contributed by atoms with Crippen molar-refractivity contribution in [3.05, 3.63) is 0 Å². The molecule has 1 saturated heterocycles. The van der Waals surface area contributed by atoms with E-state index in [-0.39, 0.29) is 22.7 Å². The Balaban J connectivity index is 2.57. The second-order valence-electron chi connectivity index (χ2n) is 3.96. The Labute approximate surface area is 109 Å². The lowest BCUT2D eigenvalue weighted by Crippen LogP contribution is -2.43. The van der Waals surface area contributed by atoms with Crippen molar-refractivity contribution in [1.82, 2.24) is 4.90 Å². The van der Waals surface area contributed by atoms with E-state index in [2.05, 4.69) is 12.6 Å². The van der Waals surface area contributed by atoms with Crippen LogP contribution in [0.5, 0.6) is 0 Å². The van der Waals surface area contributed by atoms with Gasteiger partial charge in [-0.1, -0.05) is 11.8 Å². The molecule has 1 rings (SSSR count). The normalized spacial score (nSPS) is 21.6. The number of rotatable bonds is 5. The number of amides is 1. The van der Waals surface area contributed by atoms with Crippen LogP contribution in [0.4, 0.5) is 0 Å². The predicted molar refractivity (Wildman–Crippen MR) is 68.2 cm³/mol. The molecular weight excluding hydrogens is 262 g/mol. The maximum atomic E-state index is 11.7. The topological polar surface area (TPSA) is 74.7 Å². The van der Waals surface area contributed by atoms with Crippen molar-refractivity contribution in [2.24, 2.45) is 5.92 Å². The van der Waals surface area contributed by atoms with Crippen LogP contribution in [0.2, 0.25) is 0 Å². The van der Waals surface area contributed by atoms with E-state index in [9.17, 15) is 14.4 Å². The first-order chi connectivity index (χ1) is 7.95. The summed E-state index contributed by atoms with van der Waals surface area (Å²) in [4.78, 5) is 34.8. The van der Waals surface area contributed by atoms with Crippen molar-refractivity contribution < 1.29 is 19.5 Å². The molecule has 1 N–H and O–H groups in total. The van der Waals surface area contributed by atoms with E-state index in [4.69, 9.17) is 5.11 Å². The van der Waals surface area contributed by atoms with Gasteiger partial charge in [-0.3, -0.25) is 9.59 Å². The molecule has 5 nitrogen and oxygen atoms in total. The highest BCUT2D eigenvalue weighted by Gasteiger charge is 2.36. The number of thioether (sulfide) groups is 1. The van der Waals surface area contributed by atoms with Crippen LogP contribution in [0.1, 0.15) is 13.3 Å². The van der Waals surface area contributed by atoms with E-state index in [1.807, 2.05) is 0 Å². The first kappa shape index (κ1) is 14.4. The highest BCUT2D eigenvalue weighted by molar-refractivity contribution is 8.13. The number of carboxylic acid groups (broad SMARTS) is 1. The van der Waals surface area contributed by atoms with E-state index < -0.39 is 12.0 Å². The lowest BCUT2D eigenvalue weighted by Gasteiger charge is -2.23. The number of likely N-dealkylation sites (tertiary alicyclic amines) is 1. The maximum Gasteiger partial charge on any atom is 0.327 e. The summed E-state index contributed by atoms with van der Waals surface area (Å²) in [5, 5.41) is 8.97. The Morgan fingerprint density at radius 3 is 2.76 bits per heavy atom. The second-order valence-corrected chi connectivity index (χ2v) is 5.52. The van der Waals surface area contributed by atoms with Gasteiger partial charge in [-0.05, 0) is 5.92 Å². The number of carbonyl (C=O) groups excluding carboxylic acids is 2. The van der Waals surface area contributed by atoms with Crippen LogP contribution < -0.4 is 0 Å². The minimum atomic E-state index is -1.03. The Hall–Kier alpha value is -0.690. The summed E-state index contributed by atoms with van der Waals surface area (Å²) >= 11 is 5.13. The van der Waals surface area contributed by atoms with Crippen molar-refractivity contribution in [3.63, 3.8) is 0 Å². The summed E-state index contributed by atoms with van der Waals surface area (Å²) in [5.74, 6) is -0.476. The van der Waals surface area contributed by atoms with E-state index in [0.717, 1.165) is 0 Å². The van der Waals surface area contributed by atoms with Crippen molar-refractivity contribution in [2.75, 3.05) is 18.1 Å². The molecule has 0 aromatic carbocycles. The quantitative estimate of drug-likeness (QED) is 0.716. The van der Waals surface area contributed by atoms with Crippen LogP contribution in [0, 0.1) is 5.92 Å². The largest absolute Gasteiger partial charge is 0.480 e. The van der Waals surface area contributed by atoms with Gasteiger partial charge < -0.3 is 10.0 Å². The number of hydrogen-bond acceptors (Lipinski definition) is 5. The number of carboxylic acids is 1. The van der Waals surface area contributed by atoms with Gasteiger partial charge in [-0.15, -0.1) is 0 Å². The molecule has 1 aliphatic rings. The van der Waals surface area contributed by atoms with Crippen LogP contribution >= 0.6 is 24.4 Å². The van der Waals surface area contributed by atoms with Gasteiger partial charge in [0.15, 0.2) is 5.12 Å². The zero-order chi connectivity index (χ0) is 13.0. The lowest BCUT2D eigenvalue weighted by molar-refractivity contribution is -0.147. The Bertz CT molecular complexity index is 334. The summed E-state index contributed by atoms with van der Waals surface area (Å²) in [6, 6.07) is -0.863. The van der Waals surface area contributed by atoms with E-state index in [0.29, 0.717) is 18.7 Å². The molecule has 0 saturated carbocycles. The number of aliphatic carboxylic acids is 1. The van der Waals surface area contributed by atoms with Gasteiger partial charge in [0.05, 0.1) is 0 Å². The van der Waals surface area contributed by atoms with Gasteiger partial charge in [-0.2, -0.15) is 12.6 Å². The van der Waals surface area contributed by atoms with Crippen LogP contribution in [0.25, 0.3) is 0 Å². The van der Waals surface area contributed by atoms with Gasteiger partial charge in [0.25, 0.3) is 0 Å². The molecule has 1 heterocycles. The molecule has 1 fully saturated rings. The SMILES string of the molecule is CC(=O)SCC1CC(=O)N([C@@H](CS)C(=O)O)C1. The minimum absolute atomic E-state index is 0.0138. The maximum absolute atomic E-state index is 11.7. The second kappa shape index (κ2) is 6.30. The monoisotopic (exact) mass is 277 g/mol. The zero-order valence-electron chi connectivity index (χ0n) is 9.46. The summed E-state index contributed by atoms with van der Waals surface area (Å²) in [6.45, 7) is 1.88. The van der Waals surface area contributed by atoms with E-state index >= 15 is 0 Å². The minimum Gasteiger partial charge on any atom is -0.480 e. The van der Waals surface area contributed by atoms with Gasteiger partial charge in [0.1, 0.15) is 6.04 Å². The molecule has 1 aliphatic heterocycles. The van der Waals surface area contributed by atoms with Crippen LogP contribution in [-0.4, -0.2) is 51.1 Å². The summed E-state index contributed by atoms with van der Waals surface area (Å²) < 4.78 is 0. The third-order valence-electron chi connectivity index (χ3n) is 2.60. The van der Waals surface area contributed by atoms with Gasteiger partial charge in [-0.25, -0.2) is 4.79 Å². The lowest BCUT2D eigenvalue weighted by atomic mass is 10.1. The van der Waals surface area contributed by atoms with Gasteiger partial charge in [0, 0.05) is 31.4 Å². The average Bonchev–Trinajstić information content (AvgIpc) is 2.58. The number of nitrogens with zero attached hydrogens (tertiary/aromatic N) is 1. The number of thiol groups is 1. The highest BCUT2D eigenvalue weighted by atomic mass is 32.2. The number of hydrogen-bond donors (Lipinski definition) is 2. The molecule has 0 aliphatic carbocycles. The summed E-state index contributed by atoms with van der Waals surface area (Å²) in [7, 11) is 0. The molecule has 0 aromatic rings. The zero-order valence-corrected chi connectivity index (χ0v) is 11.2. The molecule has 17 heavy (non-hydrogen) atoms. The Morgan fingerprint density at radius 1 is 1.65 bits per heavy atom. The smallest absolute Gasteiger partial charge is 0.327 e. The summed E-state index contributed by atoms with van der Waals surface area (Å²) in [6.07, 6.45) is 0.317. The fraction of sp³-hybridized carbons (Fsp3) is 0.700. The number of carbonyl (C=O) groups is 3. The van der Waals surface area contributed by atoms with Crippen LogP contribution in [-0.2, 0) is 14.4 Å². The molecule has 2 atom stereocenters. The fourth-order valence-corrected chi connectivity index (χ4v) is 2.81. The average molecular weight is 277 g/mol. The molecule has 7 heteroatoms. The van der Waals surface area contributed by atoms with E-state index in [1.165, 1.54) is 23.6 Å². The first-order valence-electron chi connectivity index (χ1n) is 5.22. The molecule has 1 unspecified atom stereocenters. The van der Waals surface area contributed by atoms with Crippen molar-refractivity contribution in [1.29, 1.82) is 0 Å². The first-order valence-corrected chi connectivity index (χ1v) is 6.84. The molecule has 1 amide bonds. The Morgan fingerprint density at radius 2 is 2.29 bits per heavy atom. The third kappa shape index (κ3) is 3.92. The molecule has 96 valence electrons. The summed E-state index contributed by atoms with van der Waals surface area (Å²) in [5.41, 5.74) is 0. The standard InChI is InChI=1S/C10H15NO4S2/c1-6(12)17-5-7-2-9(13)11(3-7)8(4-16)10(14)15/h7-8,16H,2-5H2,1H3,(H,14,15)/t7?,8-/m0/s1. The molecule has 0 spiro atoms. The third-order valence-corrected chi connectivity index (χ3v) is 3.99. The van der Waals surface area contributed by atoms with Gasteiger partial charge >= 0.3 is 5.97 Å². The van der Waals surface area contributed by atoms with Crippen molar-refractivity contribution in [2.45, 2.75) is 19.4 Å². The Kier molecular flexibility index (Phi) is 5.32. The van der Waals surface area contributed by atoms with Crippen molar-refractivity contribution in [3.8, 4) is 0 Å². The van der Waals surface area contributed by atoms with E-state index in [1.54, 1.807) is 0 Å². The highest BCUT2D eigenvalue weighted by Crippen LogP contribution is 2.24. The van der Waals surface area contributed by atoms with Crippen molar-refractivity contribution >= 4 is 41.4 Å². The fourth-order valence-electron chi connectivity index (χ4n) is 1.77. The molecule has 0 aromatic heterocycles.